The molecule has 3 aromatic carbocycles. The van der Waals surface area contributed by atoms with Gasteiger partial charge in [-0.1, -0.05) is 29.5 Å². The molecule has 0 bridgehead atoms. The molecule has 1 aromatic heterocycles. The van der Waals surface area contributed by atoms with Crippen molar-refractivity contribution in [2.24, 2.45) is 0 Å². The third-order valence-electron chi connectivity index (χ3n) is 4.66. The minimum Gasteiger partial charge on any atom is -0.494 e. The molecule has 0 unspecified atom stereocenters. The maximum atomic E-state index is 14.4. The predicted octanol–water partition coefficient (Wildman–Crippen LogP) is 3.45. The van der Waals surface area contributed by atoms with E-state index in [1.807, 2.05) is 0 Å². The van der Waals surface area contributed by atoms with Gasteiger partial charge >= 0.3 is 0 Å². The normalized spacial score (nSPS) is 11.2. The van der Waals surface area contributed by atoms with Crippen LogP contribution in [-0.4, -0.2) is 37.0 Å². The van der Waals surface area contributed by atoms with Crippen molar-refractivity contribution < 1.29 is 27.1 Å². The van der Waals surface area contributed by atoms with Crippen molar-refractivity contribution in [3.63, 3.8) is 0 Å². The summed E-state index contributed by atoms with van der Waals surface area (Å²) in [6.07, 6.45) is 1.43. The Labute approximate surface area is 182 Å². The Kier molecular flexibility index (Phi) is 5.69. The SMILES string of the molecule is COc1cccc(F)c1-n1cc(-c2ccccc2S(=O)(=O)c2ccc(OC=O)cc2)nn1. The minimum atomic E-state index is -3.95. The van der Waals surface area contributed by atoms with Gasteiger partial charge in [-0.25, -0.2) is 17.5 Å². The van der Waals surface area contributed by atoms with Crippen molar-refractivity contribution in [1.82, 2.24) is 15.0 Å². The Bertz CT molecular complexity index is 1380. The summed E-state index contributed by atoms with van der Waals surface area (Å²) in [4.78, 5) is 10.5. The molecule has 4 aromatic rings. The molecule has 0 aliphatic rings. The number of sulfone groups is 1. The van der Waals surface area contributed by atoms with Crippen molar-refractivity contribution in [2.75, 3.05) is 7.11 Å². The van der Waals surface area contributed by atoms with Gasteiger partial charge < -0.3 is 9.47 Å². The van der Waals surface area contributed by atoms with E-state index < -0.39 is 15.7 Å². The van der Waals surface area contributed by atoms with Gasteiger partial charge in [-0.05, 0) is 42.5 Å². The second-order valence-electron chi connectivity index (χ2n) is 6.52. The first kappa shape index (κ1) is 21.2. The molecule has 0 spiro atoms. The summed E-state index contributed by atoms with van der Waals surface area (Å²) in [6.45, 7) is 0.257. The highest BCUT2D eigenvalue weighted by Gasteiger charge is 2.24. The smallest absolute Gasteiger partial charge is 0.298 e. The number of aromatic nitrogens is 3. The molecular formula is C22H16FN3O5S. The molecule has 0 fully saturated rings. The van der Waals surface area contributed by atoms with Gasteiger partial charge in [0.05, 0.1) is 23.1 Å². The van der Waals surface area contributed by atoms with Crippen LogP contribution in [0.2, 0.25) is 0 Å². The quantitative estimate of drug-likeness (QED) is 0.395. The average Bonchev–Trinajstić information content (AvgIpc) is 3.29. The Morgan fingerprint density at radius 1 is 1.00 bits per heavy atom. The summed E-state index contributed by atoms with van der Waals surface area (Å²) < 4.78 is 52.1. The highest BCUT2D eigenvalue weighted by molar-refractivity contribution is 7.91. The fourth-order valence-corrected chi connectivity index (χ4v) is 4.64. The number of rotatable bonds is 7. The number of methoxy groups -OCH3 is 1. The Hall–Kier alpha value is -4.05. The van der Waals surface area contributed by atoms with E-state index >= 15 is 0 Å². The third kappa shape index (κ3) is 3.83. The third-order valence-corrected chi connectivity index (χ3v) is 6.49. The zero-order chi connectivity index (χ0) is 22.7. The van der Waals surface area contributed by atoms with E-state index in [0.717, 1.165) is 0 Å². The summed E-state index contributed by atoms with van der Waals surface area (Å²) in [7, 11) is -2.54. The summed E-state index contributed by atoms with van der Waals surface area (Å²) in [6, 6.07) is 16.1. The van der Waals surface area contributed by atoms with E-state index in [4.69, 9.17) is 9.47 Å². The number of hydrogen-bond acceptors (Lipinski definition) is 7. The van der Waals surface area contributed by atoms with E-state index in [-0.39, 0.29) is 39.1 Å². The second kappa shape index (κ2) is 8.60. The number of ether oxygens (including phenoxy) is 2. The maximum Gasteiger partial charge on any atom is 0.298 e. The van der Waals surface area contributed by atoms with Gasteiger partial charge in [0.15, 0.2) is 5.82 Å². The average molecular weight is 453 g/mol. The number of benzene rings is 3. The topological polar surface area (TPSA) is 100 Å². The van der Waals surface area contributed by atoms with Crippen molar-refractivity contribution in [3.8, 4) is 28.4 Å². The van der Waals surface area contributed by atoms with E-state index in [1.165, 1.54) is 60.5 Å². The molecule has 1 heterocycles. The van der Waals surface area contributed by atoms with Gasteiger partial charge in [0.2, 0.25) is 9.84 Å². The summed E-state index contributed by atoms with van der Waals surface area (Å²) >= 11 is 0. The predicted molar refractivity (Wildman–Crippen MR) is 112 cm³/mol. The van der Waals surface area contributed by atoms with Crippen LogP contribution in [0.15, 0.2) is 82.7 Å². The Morgan fingerprint density at radius 2 is 1.75 bits per heavy atom. The lowest BCUT2D eigenvalue weighted by Crippen LogP contribution is -2.04. The fourth-order valence-electron chi connectivity index (χ4n) is 3.17. The summed E-state index contributed by atoms with van der Waals surface area (Å²) in [5.74, 6) is -0.103. The Balaban J connectivity index is 1.78. The van der Waals surface area contributed by atoms with Crippen LogP contribution in [0.1, 0.15) is 0 Å². The molecule has 0 aliphatic carbocycles. The van der Waals surface area contributed by atoms with Crippen LogP contribution in [0, 0.1) is 5.82 Å². The van der Waals surface area contributed by atoms with Gasteiger partial charge in [0.25, 0.3) is 6.47 Å². The molecule has 4 rings (SSSR count). The van der Waals surface area contributed by atoms with Crippen LogP contribution in [-0.2, 0) is 14.6 Å². The molecule has 0 atom stereocenters. The number of nitrogens with zero attached hydrogens (tertiary/aromatic N) is 3. The first-order valence-corrected chi connectivity index (χ1v) is 10.7. The summed E-state index contributed by atoms with van der Waals surface area (Å²) in [5, 5.41) is 8.02. The highest BCUT2D eigenvalue weighted by atomic mass is 32.2. The molecule has 0 N–H and O–H groups in total. The van der Waals surface area contributed by atoms with E-state index in [9.17, 15) is 17.6 Å². The van der Waals surface area contributed by atoms with Gasteiger partial charge in [0, 0.05) is 5.56 Å². The molecule has 0 radical (unpaired) electrons. The van der Waals surface area contributed by atoms with E-state index in [1.54, 1.807) is 24.3 Å². The lowest BCUT2D eigenvalue weighted by Gasteiger charge is -2.10. The van der Waals surface area contributed by atoms with Gasteiger partial charge in [0.1, 0.15) is 22.9 Å². The zero-order valence-electron chi connectivity index (χ0n) is 16.7. The monoisotopic (exact) mass is 453 g/mol. The zero-order valence-corrected chi connectivity index (χ0v) is 17.5. The van der Waals surface area contributed by atoms with Crippen molar-refractivity contribution >= 4 is 16.3 Å². The Morgan fingerprint density at radius 3 is 2.47 bits per heavy atom. The van der Waals surface area contributed by atoms with Crippen LogP contribution < -0.4 is 9.47 Å². The van der Waals surface area contributed by atoms with Gasteiger partial charge in [-0.15, -0.1) is 5.10 Å². The van der Waals surface area contributed by atoms with E-state index in [0.29, 0.717) is 5.56 Å². The van der Waals surface area contributed by atoms with Crippen LogP contribution in [0.5, 0.6) is 11.5 Å². The van der Waals surface area contributed by atoms with E-state index in [2.05, 4.69) is 10.3 Å². The molecule has 0 saturated heterocycles. The molecule has 0 aliphatic heterocycles. The second-order valence-corrected chi connectivity index (χ2v) is 8.44. The number of para-hydroxylation sites is 1. The van der Waals surface area contributed by atoms with Crippen LogP contribution in [0.4, 0.5) is 4.39 Å². The van der Waals surface area contributed by atoms with Gasteiger partial charge in [-0.3, -0.25) is 4.79 Å². The number of carbonyl (C=O) groups excluding carboxylic acids is 1. The molecule has 0 saturated carbocycles. The molecule has 162 valence electrons. The van der Waals surface area contributed by atoms with Crippen molar-refractivity contribution in [3.05, 3.63) is 78.7 Å². The highest BCUT2D eigenvalue weighted by Crippen LogP contribution is 2.32. The first-order chi connectivity index (χ1) is 15.5. The van der Waals surface area contributed by atoms with Crippen molar-refractivity contribution in [1.29, 1.82) is 0 Å². The molecule has 0 amide bonds. The maximum absolute atomic E-state index is 14.4. The summed E-state index contributed by atoms with van der Waals surface area (Å²) in [5.41, 5.74) is 0.581. The molecule has 10 heteroatoms. The van der Waals surface area contributed by atoms with Gasteiger partial charge in [-0.2, -0.15) is 0 Å². The number of halogens is 1. The molecular weight excluding hydrogens is 437 g/mol. The largest absolute Gasteiger partial charge is 0.494 e. The first-order valence-electron chi connectivity index (χ1n) is 9.26. The van der Waals surface area contributed by atoms with Crippen molar-refractivity contribution in [2.45, 2.75) is 9.79 Å². The number of carbonyl (C=O) groups is 1. The fraction of sp³-hybridized carbons (Fsp3) is 0.0455. The van der Waals surface area contributed by atoms with Crippen LogP contribution in [0.3, 0.4) is 0 Å². The lowest BCUT2D eigenvalue weighted by molar-refractivity contribution is -0.120. The lowest BCUT2D eigenvalue weighted by atomic mass is 10.2. The molecule has 8 nitrogen and oxygen atoms in total. The standard InChI is InChI=1S/C22H16FN3O5S/c1-30-20-7-4-6-18(23)22(20)26-13-19(24-25-26)17-5-2-3-8-21(17)32(28,29)16-11-9-15(10-12-16)31-14-27/h2-14H,1H3. The minimum absolute atomic E-state index is 0.00314. The van der Waals surface area contributed by atoms with Crippen LogP contribution >= 0.6 is 0 Å². The van der Waals surface area contributed by atoms with Crippen LogP contribution in [0.25, 0.3) is 16.9 Å². The number of hydrogen-bond donors (Lipinski definition) is 0. The molecule has 32 heavy (non-hydrogen) atoms.